The number of pyridine rings is 1. The van der Waals surface area contributed by atoms with E-state index in [1.54, 1.807) is 4.90 Å². The molecule has 0 atom stereocenters. The lowest BCUT2D eigenvalue weighted by molar-refractivity contribution is -0.121. The number of rotatable bonds is 7. The van der Waals surface area contributed by atoms with Crippen LogP contribution in [0.5, 0.6) is 0 Å². The molecule has 10 nitrogen and oxygen atoms in total. The molecule has 0 saturated carbocycles. The van der Waals surface area contributed by atoms with Crippen LogP contribution in [0, 0.1) is 0 Å². The van der Waals surface area contributed by atoms with E-state index in [4.69, 9.17) is 0 Å². The number of nitrogens with zero attached hydrogens (tertiary/aromatic N) is 4. The van der Waals surface area contributed by atoms with Crippen LogP contribution in [0.4, 0.5) is 4.79 Å². The minimum absolute atomic E-state index is 0.0473. The van der Waals surface area contributed by atoms with Crippen molar-refractivity contribution in [3.63, 3.8) is 0 Å². The summed E-state index contributed by atoms with van der Waals surface area (Å²) in [5.41, 5.74) is 0.0275. The molecule has 2 saturated heterocycles. The van der Waals surface area contributed by atoms with Crippen LogP contribution in [0.25, 0.3) is 0 Å². The first-order chi connectivity index (χ1) is 14.0. The number of aliphatic hydroxyl groups excluding tert-OH is 2. The summed E-state index contributed by atoms with van der Waals surface area (Å²) in [5.74, 6) is -1.47. The van der Waals surface area contributed by atoms with Gasteiger partial charge in [-0.1, -0.05) is 0 Å². The summed E-state index contributed by atoms with van der Waals surface area (Å²) in [4.78, 5) is 57.6. The normalized spacial score (nSPS) is 19.8. The van der Waals surface area contributed by atoms with Crippen LogP contribution >= 0.6 is 23.5 Å². The fourth-order valence-corrected chi connectivity index (χ4v) is 4.98. The van der Waals surface area contributed by atoms with Crippen molar-refractivity contribution in [2.45, 2.75) is 0 Å². The zero-order chi connectivity index (χ0) is 21.0. The van der Waals surface area contributed by atoms with E-state index < -0.39 is 17.8 Å². The average Bonchev–Trinajstić information content (AvgIpc) is 3.23. The second kappa shape index (κ2) is 9.50. The summed E-state index contributed by atoms with van der Waals surface area (Å²) in [6, 6.07) is 2.10. The molecule has 0 aliphatic carbocycles. The highest BCUT2D eigenvalue weighted by Gasteiger charge is 2.48. The van der Waals surface area contributed by atoms with E-state index in [9.17, 15) is 29.4 Å². The lowest BCUT2D eigenvalue weighted by Crippen LogP contribution is -2.43. The van der Waals surface area contributed by atoms with Gasteiger partial charge in [-0.2, -0.15) is 4.90 Å². The Labute approximate surface area is 174 Å². The highest BCUT2D eigenvalue weighted by molar-refractivity contribution is 8.34. The van der Waals surface area contributed by atoms with Crippen molar-refractivity contribution in [2.24, 2.45) is 0 Å². The van der Waals surface area contributed by atoms with Crippen molar-refractivity contribution < 1.29 is 29.4 Å². The molecule has 1 aromatic rings. The maximum Gasteiger partial charge on any atom is 0.340 e. The molecular formula is C17H18N4O6S2. The molecular weight excluding hydrogens is 420 g/mol. The number of urea groups is 1. The lowest BCUT2D eigenvalue weighted by atomic mass is 10.2. The van der Waals surface area contributed by atoms with Crippen molar-refractivity contribution in [3.05, 3.63) is 40.0 Å². The van der Waals surface area contributed by atoms with Crippen LogP contribution in [0.15, 0.2) is 34.5 Å². The third-order valence-electron chi connectivity index (χ3n) is 4.10. The third-order valence-corrected chi connectivity index (χ3v) is 6.50. The van der Waals surface area contributed by atoms with E-state index in [0.717, 1.165) is 28.4 Å². The Bertz CT molecular complexity index is 857. The van der Waals surface area contributed by atoms with Crippen LogP contribution in [0.3, 0.4) is 0 Å². The molecule has 154 valence electrons. The van der Waals surface area contributed by atoms with Gasteiger partial charge in [-0.15, -0.1) is 11.8 Å². The second-order valence-electron chi connectivity index (χ2n) is 6.00. The number of carbonyl (C=O) groups excluding carboxylic acids is 4. The minimum atomic E-state index is -0.854. The zero-order valence-corrected chi connectivity index (χ0v) is 16.8. The van der Waals surface area contributed by atoms with Gasteiger partial charge in [0.25, 0.3) is 11.8 Å². The molecule has 2 fully saturated rings. The smallest absolute Gasteiger partial charge is 0.340 e. The van der Waals surface area contributed by atoms with E-state index in [1.165, 1.54) is 24.5 Å². The number of thioether (sulfide) groups is 2. The van der Waals surface area contributed by atoms with Gasteiger partial charge in [-0.05, 0) is 23.9 Å². The van der Waals surface area contributed by atoms with Gasteiger partial charge in [-0.25, -0.2) is 4.79 Å². The van der Waals surface area contributed by atoms with Gasteiger partial charge in [0.2, 0.25) is 5.12 Å². The Morgan fingerprint density at radius 3 is 2.48 bits per heavy atom. The molecule has 1 aromatic heterocycles. The van der Waals surface area contributed by atoms with Gasteiger partial charge >= 0.3 is 6.03 Å². The molecule has 4 amide bonds. The SMILES string of the molecule is O=C1CSC(=C2C(=O)N(C(=O)c3cccnc3)C(=O)N2CN(CCO)CCO)S1. The predicted octanol–water partition coefficient (Wildman–Crippen LogP) is -0.0942. The maximum atomic E-state index is 13.0. The van der Waals surface area contributed by atoms with Crippen LogP contribution in [0.2, 0.25) is 0 Å². The third kappa shape index (κ3) is 4.51. The van der Waals surface area contributed by atoms with Crippen LogP contribution < -0.4 is 0 Å². The van der Waals surface area contributed by atoms with E-state index in [0.29, 0.717) is 9.14 Å². The molecule has 2 aliphatic rings. The first-order valence-corrected chi connectivity index (χ1v) is 10.4. The highest BCUT2D eigenvalue weighted by atomic mass is 32.2. The quantitative estimate of drug-likeness (QED) is 0.338. The maximum absolute atomic E-state index is 13.0. The van der Waals surface area contributed by atoms with Gasteiger partial charge in [-0.3, -0.25) is 29.2 Å². The largest absolute Gasteiger partial charge is 0.395 e. The van der Waals surface area contributed by atoms with Crippen molar-refractivity contribution in [1.29, 1.82) is 0 Å². The van der Waals surface area contributed by atoms with E-state index >= 15 is 0 Å². The first kappa shape index (κ1) is 21.5. The minimum Gasteiger partial charge on any atom is -0.395 e. The van der Waals surface area contributed by atoms with E-state index in [1.807, 2.05) is 0 Å². The molecule has 12 heteroatoms. The Morgan fingerprint density at radius 2 is 1.93 bits per heavy atom. The average molecular weight is 438 g/mol. The van der Waals surface area contributed by atoms with Gasteiger partial charge < -0.3 is 10.2 Å². The summed E-state index contributed by atoms with van der Waals surface area (Å²) in [7, 11) is 0. The molecule has 0 unspecified atom stereocenters. The van der Waals surface area contributed by atoms with Gasteiger partial charge in [0, 0.05) is 25.5 Å². The Hall–Kier alpha value is -2.25. The number of carbonyl (C=O) groups is 4. The number of hydrogen-bond acceptors (Lipinski definition) is 10. The summed E-state index contributed by atoms with van der Waals surface area (Å²) in [5, 5.41) is 18.3. The second-order valence-corrected chi connectivity index (χ2v) is 8.32. The van der Waals surface area contributed by atoms with Crippen LogP contribution in [0.1, 0.15) is 10.4 Å². The van der Waals surface area contributed by atoms with E-state index in [2.05, 4.69) is 4.98 Å². The summed E-state index contributed by atoms with van der Waals surface area (Å²) in [6.45, 7) is -0.269. The molecule has 0 radical (unpaired) electrons. The Kier molecular flexibility index (Phi) is 7.03. The molecule has 0 spiro atoms. The molecule has 3 heterocycles. The Morgan fingerprint density at radius 1 is 1.21 bits per heavy atom. The van der Waals surface area contributed by atoms with Crippen molar-refractivity contribution in [1.82, 2.24) is 19.7 Å². The highest BCUT2D eigenvalue weighted by Crippen LogP contribution is 2.43. The van der Waals surface area contributed by atoms with Crippen molar-refractivity contribution in [3.8, 4) is 0 Å². The number of amides is 4. The summed E-state index contributed by atoms with van der Waals surface area (Å²) < 4.78 is 0.350. The molecule has 2 N–H and O–H groups in total. The standard InChI is InChI=1S/C17H18N4O6S2/c22-6-4-19(5-7-23)10-20-13(16-28-9-12(24)29-16)15(26)21(17(20)27)14(25)11-2-1-3-18-8-11/h1-3,8,22-23H,4-7,9-10H2. The first-order valence-electron chi connectivity index (χ1n) is 8.60. The number of aromatic nitrogens is 1. The molecule has 3 rings (SSSR count). The van der Waals surface area contributed by atoms with Crippen LogP contribution in [-0.4, -0.2) is 91.6 Å². The Balaban J connectivity index is 1.97. The van der Waals surface area contributed by atoms with E-state index in [-0.39, 0.29) is 55.1 Å². The lowest BCUT2D eigenvalue weighted by Gasteiger charge is -2.26. The topological polar surface area (TPSA) is 131 Å². The fraction of sp³-hybridized carbons (Fsp3) is 0.353. The summed E-state index contributed by atoms with van der Waals surface area (Å²) in [6.07, 6.45) is 2.72. The predicted molar refractivity (Wildman–Crippen MR) is 105 cm³/mol. The van der Waals surface area contributed by atoms with Crippen molar-refractivity contribution in [2.75, 3.05) is 38.7 Å². The van der Waals surface area contributed by atoms with Gasteiger partial charge in [0.1, 0.15) is 5.70 Å². The number of hydrogen-bond donors (Lipinski definition) is 2. The van der Waals surface area contributed by atoms with Gasteiger partial charge in [0.15, 0.2) is 0 Å². The fourth-order valence-electron chi connectivity index (χ4n) is 2.79. The zero-order valence-electron chi connectivity index (χ0n) is 15.2. The molecule has 29 heavy (non-hydrogen) atoms. The molecule has 0 bridgehead atoms. The van der Waals surface area contributed by atoms with Crippen molar-refractivity contribution >= 4 is 46.5 Å². The number of aliphatic hydroxyl groups is 2. The monoisotopic (exact) mass is 438 g/mol. The molecule has 0 aromatic carbocycles. The van der Waals surface area contributed by atoms with Gasteiger partial charge in [0.05, 0.1) is 35.4 Å². The summed E-state index contributed by atoms with van der Waals surface area (Å²) >= 11 is 1.99. The number of imide groups is 3. The van der Waals surface area contributed by atoms with Crippen LogP contribution in [-0.2, 0) is 9.59 Å². The molecule has 2 aliphatic heterocycles.